The number of amides is 3. The van der Waals surface area contributed by atoms with Crippen LogP contribution in [0.25, 0.3) is 33.2 Å². The van der Waals surface area contributed by atoms with Crippen molar-refractivity contribution in [3.63, 3.8) is 0 Å². The molecule has 64 heavy (non-hydrogen) atoms. The molecule has 4 aromatic rings. The number of likely N-dealkylation sites (tertiary alicyclic amines) is 2. The van der Waals surface area contributed by atoms with Gasteiger partial charge >= 0.3 is 12.2 Å². The Labute approximate surface area is 373 Å². The van der Waals surface area contributed by atoms with Crippen molar-refractivity contribution in [1.29, 1.82) is 0 Å². The third-order valence-electron chi connectivity index (χ3n) is 14.9. The third-order valence-corrected chi connectivity index (χ3v) is 14.9. The molecule has 6 aliphatic rings. The molecule has 3 saturated heterocycles. The molecule has 5 aliphatic heterocycles. The highest BCUT2D eigenvalue weighted by molar-refractivity contribution is 6.05. The summed E-state index contributed by atoms with van der Waals surface area (Å²) in [4.78, 5) is 56.5. The van der Waals surface area contributed by atoms with Crippen molar-refractivity contribution in [1.82, 2.24) is 30.4 Å². The van der Waals surface area contributed by atoms with Crippen LogP contribution in [0.3, 0.4) is 0 Å². The molecule has 1 saturated carbocycles. The number of alkyl carbamates (subject to hydrolysis) is 2. The van der Waals surface area contributed by atoms with Gasteiger partial charge in [0.15, 0.2) is 0 Å². The second-order valence-corrected chi connectivity index (χ2v) is 18.8. The molecule has 1 aliphatic carbocycles. The maximum Gasteiger partial charge on any atom is 0.407 e. The lowest BCUT2D eigenvalue weighted by Gasteiger charge is -2.39. The molecule has 4 fully saturated rings. The molecule has 0 spiro atoms. The van der Waals surface area contributed by atoms with E-state index in [4.69, 9.17) is 28.9 Å². The van der Waals surface area contributed by atoms with Gasteiger partial charge in [-0.05, 0) is 120 Å². The molecule has 15 heteroatoms. The monoisotopic (exact) mass is 873 g/mol. The highest BCUT2D eigenvalue weighted by Gasteiger charge is 2.50. The Hall–Kier alpha value is -5.51. The maximum absolute atomic E-state index is 14.1. The summed E-state index contributed by atoms with van der Waals surface area (Å²) in [7, 11) is 2.67. The zero-order valence-corrected chi connectivity index (χ0v) is 37.1. The molecule has 4 N–H and O–H groups in total. The van der Waals surface area contributed by atoms with E-state index in [0.29, 0.717) is 51.5 Å². The van der Waals surface area contributed by atoms with Crippen LogP contribution in [-0.4, -0.2) is 113 Å². The molecule has 1 aromatic heterocycles. The van der Waals surface area contributed by atoms with Gasteiger partial charge in [0, 0.05) is 43.5 Å². The fourth-order valence-corrected chi connectivity index (χ4v) is 11.6. The Balaban J connectivity index is 0.871. The van der Waals surface area contributed by atoms with Crippen molar-refractivity contribution in [2.75, 3.05) is 34.0 Å². The number of ether oxygens (including phenoxy) is 4. The number of fused-ring (bicyclic) bond motifs is 7. The number of aromatic nitrogens is 2. The first-order valence-corrected chi connectivity index (χ1v) is 23.1. The number of aliphatic hydroxyl groups is 1. The van der Waals surface area contributed by atoms with Crippen molar-refractivity contribution in [2.24, 2.45) is 22.7 Å². The van der Waals surface area contributed by atoms with Crippen LogP contribution >= 0.6 is 0 Å². The molecule has 3 aromatic carbocycles. The number of aliphatic imine (C=N–C) groups is 1. The van der Waals surface area contributed by atoms with Crippen LogP contribution in [0.2, 0.25) is 0 Å². The highest BCUT2D eigenvalue weighted by atomic mass is 16.5. The topological polar surface area (TPSA) is 180 Å². The average Bonchev–Trinajstić information content (AvgIpc) is 4.17. The minimum absolute atomic E-state index is 0.00412. The lowest BCUT2D eigenvalue weighted by Crippen LogP contribution is -2.58. The Morgan fingerprint density at radius 3 is 2.53 bits per heavy atom. The molecular formula is C49H59N7O8. The highest BCUT2D eigenvalue weighted by Crippen LogP contribution is 2.48. The third kappa shape index (κ3) is 7.68. The second kappa shape index (κ2) is 17.5. The summed E-state index contributed by atoms with van der Waals surface area (Å²) in [5.41, 5.74) is 8.28. The Morgan fingerprint density at radius 2 is 1.73 bits per heavy atom. The van der Waals surface area contributed by atoms with E-state index in [9.17, 15) is 19.5 Å². The molecule has 338 valence electrons. The number of H-pyrrole nitrogens is 1. The number of methoxy groups -OCH3 is 2. The van der Waals surface area contributed by atoms with Crippen molar-refractivity contribution in [3.05, 3.63) is 65.6 Å². The van der Waals surface area contributed by atoms with Gasteiger partial charge < -0.3 is 44.6 Å². The summed E-state index contributed by atoms with van der Waals surface area (Å²) in [5, 5.41) is 20.0. The van der Waals surface area contributed by atoms with Gasteiger partial charge in [0.05, 0.1) is 49.9 Å². The summed E-state index contributed by atoms with van der Waals surface area (Å²) >= 11 is 0. The normalized spacial score (nSPS) is 24.3. The molecule has 0 radical (unpaired) electrons. The molecule has 15 nitrogen and oxygen atoms in total. The fraction of sp³-hybridized carbons (Fsp3) is 0.531. The Bertz CT molecular complexity index is 2480. The first kappa shape index (κ1) is 42.4. The zero-order valence-electron chi connectivity index (χ0n) is 37.1. The maximum atomic E-state index is 14.1. The van der Waals surface area contributed by atoms with E-state index in [1.165, 1.54) is 19.8 Å². The molecule has 6 heterocycles. The summed E-state index contributed by atoms with van der Waals surface area (Å²) in [5.74, 6) is 1.90. The van der Waals surface area contributed by atoms with Gasteiger partial charge in [0.2, 0.25) is 5.91 Å². The Morgan fingerprint density at radius 1 is 0.922 bits per heavy atom. The Kier molecular flexibility index (Phi) is 11.6. The van der Waals surface area contributed by atoms with Gasteiger partial charge in [0.25, 0.3) is 0 Å². The number of aromatic amines is 1. The molecular weight excluding hydrogens is 815 g/mol. The predicted octanol–water partition coefficient (Wildman–Crippen LogP) is 7.17. The van der Waals surface area contributed by atoms with Gasteiger partial charge in [-0.25, -0.2) is 14.6 Å². The SMILES string of the molecule is COC(=O)N[C@@H](C(C)C)C(O)N1[C@H](C2=Nc3ccc4cc5c(cc4c3C2)OCc2cc(-c3cnc(C4CCCN4C(=O)[C@@H](NC(=O)OC)C4CCOCC4)[nH]3)ccc2-5)C[C@@H]2CCC[C@@H]21. The number of nitrogens with one attached hydrogen (secondary N) is 3. The van der Waals surface area contributed by atoms with Crippen LogP contribution in [-0.2, 0) is 32.0 Å². The zero-order chi connectivity index (χ0) is 44.2. The van der Waals surface area contributed by atoms with Crippen molar-refractivity contribution >= 4 is 40.3 Å². The van der Waals surface area contributed by atoms with Crippen LogP contribution in [0.5, 0.6) is 5.75 Å². The number of carbonyl (C=O) groups excluding carboxylic acids is 3. The first-order valence-electron chi connectivity index (χ1n) is 23.1. The lowest BCUT2D eigenvalue weighted by atomic mass is 9.90. The lowest BCUT2D eigenvalue weighted by molar-refractivity contribution is -0.136. The van der Waals surface area contributed by atoms with Gasteiger partial charge in [-0.1, -0.05) is 38.5 Å². The fourth-order valence-electron chi connectivity index (χ4n) is 11.6. The number of nitrogens with zero attached hydrogens (tertiary/aromatic N) is 4. The number of hydrogen-bond acceptors (Lipinski definition) is 11. The minimum atomic E-state index is -0.872. The van der Waals surface area contributed by atoms with Crippen LogP contribution in [0.15, 0.2) is 53.7 Å². The van der Waals surface area contributed by atoms with Crippen LogP contribution in [0, 0.1) is 17.8 Å². The first-order chi connectivity index (χ1) is 31.1. The van der Waals surface area contributed by atoms with E-state index in [-0.39, 0.29) is 35.9 Å². The summed E-state index contributed by atoms with van der Waals surface area (Å²) in [6, 6.07) is 13.9. The quantitative estimate of drug-likeness (QED) is 0.128. The van der Waals surface area contributed by atoms with Crippen LogP contribution in [0.4, 0.5) is 15.3 Å². The number of aliphatic hydroxyl groups excluding tert-OH is 1. The van der Waals surface area contributed by atoms with Crippen LogP contribution < -0.4 is 15.4 Å². The van der Waals surface area contributed by atoms with Gasteiger partial charge in [-0.15, -0.1) is 0 Å². The van der Waals surface area contributed by atoms with Crippen LogP contribution in [0.1, 0.15) is 88.2 Å². The van der Waals surface area contributed by atoms with E-state index in [2.05, 4.69) is 63.0 Å². The molecule has 0 bridgehead atoms. The standard InChI is InChI=1S/C49H59N7O8/c1-26(2)43(53-48(59)61-3)47(58)56-39-8-5-7-30(39)21-41(56)37-22-34-33-23-42-35(20-28(33)11-13-36(34)51-37)32-12-10-29(19-31(32)25-64-42)38-24-50-45(52-38)40-9-6-16-55(40)46(57)44(54-49(60)62-4)27-14-17-63-18-15-27/h10-13,19-20,23-24,26-27,30,39-41,43-44,47,58H,5-9,14-18,21-22,25H2,1-4H3,(H,50,52)(H,53,59)(H,54,60)/t30-,39-,40?,41-,43-,44-,47?/m0/s1. The summed E-state index contributed by atoms with van der Waals surface area (Å²) in [6.45, 7) is 6.15. The van der Waals surface area contributed by atoms with Crippen molar-refractivity contribution in [3.8, 4) is 28.1 Å². The van der Waals surface area contributed by atoms with Gasteiger partial charge in [-0.2, -0.15) is 0 Å². The van der Waals surface area contributed by atoms with Crippen molar-refractivity contribution in [2.45, 2.75) is 115 Å². The number of imidazole rings is 1. The molecule has 10 rings (SSSR count). The van der Waals surface area contributed by atoms with E-state index < -0.39 is 30.5 Å². The molecule has 7 atom stereocenters. The van der Waals surface area contributed by atoms with E-state index in [1.54, 1.807) is 0 Å². The van der Waals surface area contributed by atoms with E-state index >= 15 is 0 Å². The van der Waals surface area contributed by atoms with Gasteiger partial charge in [0.1, 0.15) is 30.5 Å². The second-order valence-electron chi connectivity index (χ2n) is 18.8. The number of hydrogen-bond donors (Lipinski definition) is 4. The summed E-state index contributed by atoms with van der Waals surface area (Å²) < 4.78 is 21.9. The van der Waals surface area contributed by atoms with E-state index in [1.807, 2.05) is 24.9 Å². The van der Waals surface area contributed by atoms with E-state index in [0.717, 1.165) is 100 Å². The minimum Gasteiger partial charge on any atom is -0.488 e. The van der Waals surface area contributed by atoms with Crippen molar-refractivity contribution < 1.29 is 38.4 Å². The number of benzene rings is 3. The molecule has 3 amide bonds. The predicted molar refractivity (Wildman–Crippen MR) is 240 cm³/mol. The van der Waals surface area contributed by atoms with Gasteiger partial charge in [-0.3, -0.25) is 14.7 Å². The average molecular weight is 874 g/mol. The number of rotatable bonds is 10. The molecule has 2 unspecified atom stereocenters. The smallest absolute Gasteiger partial charge is 0.407 e. The largest absolute Gasteiger partial charge is 0.488 e. The summed E-state index contributed by atoms with van der Waals surface area (Å²) in [6.07, 6.45) is 7.74. The number of carbonyl (C=O) groups is 3.